The van der Waals surface area contributed by atoms with Crippen molar-refractivity contribution in [3.05, 3.63) is 46.1 Å². The molecule has 1 N–H and O–H groups in total. The number of aromatic nitrogens is 2. The molecule has 8 heteroatoms. The summed E-state index contributed by atoms with van der Waals surface area (Å²) in [7, 11) is 5.29. The van der Waals surface area contributed by atoms with Crippen molar-refractivity contribution in [1.29, 1.82) is 0 Å². The predicted octanol–water partition coefficient (Wildman–Crippen LogP) is 1.43. The molecule has 8 nitrogen and oxygen atoms in total. The molecule has 1 aromatic heterocycles. The van der Waals surface area contributed by atoms with Gasteiger partial charge in [0.2, 0.25) is 0 Å². The maximum Gasteiger partial charge on any atom is 0.269 e. The molecule has 0 aliphatic rings. The maximum atomic E-state index is 10.8. The van der Waals surface area contributed by atoms with Crippen LogP contribution in [-0.2, 0) is 18.3 Å². The first kappa shape index (κ1) is 18.1. The second-order valence-corrected chi connectivity index (χ2v) is 5.79. The van der Waals surface area contributed by atoms with E-state index in [1.807, 2.05) is 25.2 Å². The van der Waals surface area contributed by atoms with Crippen LogP contribution in [0.1, 0.15) is 5.56 Å². The van der Waals surface area contributed by atoms with Gasteiger partial charge in [-0.05, 0) is 19.2 Å². The Hall–Kier alpha value is -2.29. The fourth-order valence-corrected chi connectivity index (χ4v) is 2.60. The first-order valence-corrected chi connectivity index (χ1v) is 7.53. The molecule has 0 saturated heterocycles. The molecule has 0 aliphatic heterocycles. The lowest BCUT2D eigenvalue weighted by molar-refractivity contribution is -0.384. The third kappa shape index (κ3) is 4.60. The number of hydrogen-bond acceptors (Lipinski definition) is 6. The molecule has 1 atom stereocenters. The first-order chi connectivity index (χ1) is 11.4. The zero-order chi connectivity index (χ0) is 17.7. The molecule has 130 valence electrons. The number of aliphatic hydroxyl groups excluding tert-OH is 1. The highest BCUT2D eigenvalue weighted by Crippen LogP contribution is 2.25. The molecular formula is C16H22N4O4. The molecule has 0 aliphatic carbocycles. The van der Waals surface area contributed by atoms with Crippen LogP contribution in [0.5, 0.6) is 0 Å². The minimum atomic E-state index is -0.556. The number of nitrogens with zero attached hydrogens (tertiary/aromatic N) is 4. The fraction of sp³-hybridized carbons (Fsp3) is 0.438. The van der Waals surface area contributed by atoms with Crippen LogP contribution in [0.2, 0.25) is 0 Å². The van der Waals surface area contributed by atoms with Gasteiger partial charge in [-0.15, -0.1) is 0 Å². The van der Waals surface area contributed by atoms with Gasteiger partial charge in [0.05, 0.1) is 23.3 Å². The van der Waals surface area contributed by atoms with Crippen molar-refractivity contribution >= 4 is 5.69 Å². The van der Waals surface area contributed by atoms with Crippen LogP contribution in [-0.4, -0.2) is 58.1 Å². The van der Waals surface area contributed by atoms with E-state index in [1.54, 1.807) is 23.9 Å². The van der Waals surface area contributed by atoms with E-state index >= 15 is 0 Å². The molecule has 0 radical (unpaired) electrons. The highest BCUT2D eigenvalue weighted by molar-refractivity contribution is 5.64. The van der Waals surface area contributed by atoms with Gasteiger partial charge in [-0.3, -0.25) is 19.7 Å². The molecule has 1 aromatic carbocycles. The van der Waals surface area contributed by atoms with Crippen molar-refractivity contribution in [2.24, 2.45) is 7.05 Å². The minimum Gasteiger partial charge on any atom is -0.389 e. The van der Waals surface area contributed by atoms with Gasteiger partial charge >= 0.3 is 0 Å². The Morgan fingerprint density at radius 1 is 1.42 bits per heavy atom. The maximum absolute atomic E-state index is 10.8. The van der Waals surface area contributed by atoms with Crippen LogP contribution in [0.4, 0.5) is 5.69 Å². The highest BCUT2D eigenvalue weighted by atomic mass is 16.6. The molecule has 0 saturated carbocycles. The summed E-state index contributed by atoms with van der Waals surface area (Å²) in [6.07, 6.45) is 1.36. The fourth-order valence-electron chi connectivity index (χ4n) is 2.60. The minimum absolute atomic E-state index is 0.0519. The van der Waals surface area contributed by atoms with Crippen LogP contribution >= 0.6 is 0 Å². The Bertz CT molecular complexity index is 684. The Morgan fingerprint density at radius 3 is 2.67 bits per heavy atom. The molecule has 0 bridgehead atoms. The lowest BCUT2D eigenvalue weighted by atomic mass is 10.1. The van der Waals surface area contributed by atoms with Gasteiger partial charge in [0.1, 0.15) is 0 Å². The summed E-state index contributed by atoms with van der Waals surface area (Å²) >= 11 is 0. The lowest BCUT2D eigenvalue weighted by Crippen LogP contribution is -2.31. The van der Waals surface area contributed by atoms with Crippen molar-refractivity contribution in [1.82, 2.24) is 14.7 Å². The quantitative estimate of drug-likeness (QED) is 0.580. The molecule has 0 fully saturated rings. The monoisotopic (exact) mass is 334 g/mol. The molecule has 1 unspecified atom stereocenters. The molecule has 1 heterocycles. The topological polar surface area (TPSA) is 93.7 Å². The van der Waals surface area contributed by atoms with E-state index in [4.69, 9.17) is 4.74 Å². The number of ether oxygens (including phenoxy) is 1. The van der Waals surface area contributed by atoms with E-state index in [2.05, 4.69) is 5.10 Å². The second-order valence-electron chi connectivity index (χ2n) is 5.79. The number of aliphatic hydroxyl groups is 1. The lowest BCUT2D eigenvalue weighted by Gasteiger charge is -2.20. The largest absolute Gasteiger partial charge is 0.389 e. The first-order valence-electron chi connectivity index (χ1n) is 7.53. The van der Waals surface area contributed by atoms with Gasteiger partial charge in [-0.25, -0.2) is 0 Å². The molecule has 0 amide bonds. The van der Waals surface area contributed by atoms with E-state index < -0.39 is 11.0 Å². The molecular weight excluding hydrogens is 312 g/mol. The third-order valence-electron chi connectivity index (χ3n) is 3.58. The van der Waals surface area contributed by atoms with Crippen LogP contribution in [0.25, 0.3) is 11.3 Å². The number of non-ortho nitro benzene ring substituents is 1. The zero-order valence-corrected chi connectivity index (χ0v) is 14.0. The van der Waals surface area contributed by atoms with Gasteiger partial charge in [0.15, 0.2) is 0 Å². The van der Waals surface area contributed by atoms with Crippen molar-refractivity contribution in [3.63, 3.8) is 0 Å². The Morgan fingerprint density at radius 2 is 2.08 bits per heavy atom. The Kier molecular flexibility index (Phi) is 6.02. The van der Waals surface area contributed by atoms with E-state index in [1.165, 1.54) is 12.1 Å². The van der Waals surface area contributed by atoms with Crippen molar-refractivity contribution < 1.29 is 14.8 Å². The van der Waals surface area contributed by atoms with E-state index in [9.17, 15) is 15.2 Å². The van der Waals surface area contributed by atoms with Crippen LogP contribution in [0.3, 0.4) is 0 Å². The Labute approximate surface area is 140 Å². The molecule has 24 heavy (non-hydrogen) atoms. The van der Waals surface area contributed by atoms with Crippen molar-refractivity contribution in [2.45, 2.75) is 12.6 Å². The summed E-state index contributed by atoms with van der Waals surface area (Å²) in [6, 6.07) is 6.34. The summed E-state index contributed by atoms with van der Waals surface area (Å²) in [5, 5.41) is 25.0. The average molecular weight is 334 g/mol. The summed E-state index contributed by atoms with van der Waals surface area (Å²) in [4.78, 5) is 12.3. The van der Waals surface area contributed by atoms with Gasteiger partial charge < -0.3 is 9.84 Å². The molecule has 2 rings (SSSR count). The SMILES string of the molecule is COCC(O)CN(C)Cc1cn(C)nc1-c1ccc([N+](=O)[O-])cc1. The van der Waals surface area contributed by atoms with E-state index in [-0.39, 0.29) is 12.3 Å². The standard InChI is InChI=1S/C16H22N4O4/c1-18(10-15(21)11-24-3)8-13-9-19(2)17-16(13)12-4-6-14(7-5-12)20(22)23/h4-7,9,15,21H,8,10-11H2,1-3H3. The molecule has 2 aromatic rings. The number of hydrogen-bond donors (Lipinski definition) is 1. The number of nitro benzene ring substituents is 1. The van der Waals surface area contributed by atoms with Crippen molar-refractivity contribution in [2.75, 3.05) is 27.3 Å². The van der Waals surface area contributed by atoms with Crippen molar-refractivity contribution in [3.8, 4) is 11.3 Å². The number of methoxy groups -OCH3 is 1. The Balaban J connectivity index is 2.16. The average Bonchev–Trinajstić information content (AvgIpc) is 2.87. The predicted molar refractivity (Wildman–Crippen MR) is 89.5 cm³/mol. The number of rotatable bonds is 8. The number of nitro groups is 1. The van der Waals surface area contributed by atoms with E-state index in [0.29, 0.717) is 13.1 Å². The second kappa shape index (κ2) is 8.00. The summed E-state index contributed by atoms with van der Waals surface area (Å²) < 4.78 is 6.65. The van der Waals surface area contributed by atoms with Crippen LogP contribution < -0.4 is 0 Å². The number of benzene rings is 1. The van der Waals surface area contributed by atoms with E-state index in [0.717, 1.165) is 16.8 Å². The normalized spacial score (nSPS) is 12.5. The summed E-state index contributed by atoms with van der Waals surface area (Å²) in [5.74, 6) is 0. The number of likely N-dealkylation sites (N-methyl/N-ethyl adjacent to an activating group) is 1. The zero-order valence-electron chi connectivity index (χ0n) is 14.0. The van der Waals surface area contributed by atoms with Gasteiger partial charge in [0.25, 0.3) is 5.69 Å². The van der Waals surface area contributed by atoms with Crippen LogP contribution in [0, 0.1) is 10.1 Å². The summed E-state index contributed by atoms with van der Waals surface area (Å²) in [5.41, 5.74) is 2.64. The summed E-state index contributed by atoms with van der Waals surface area (Å²) in [6.45, 7) is 1.36. The van der Waals surface area contributed by atoms with Crippen LogP contribution in [0.15, 0.2) is 30.5 Å². The highest BCUT2D eigenvalue weighted by Gasteiger charge is 2.15. The number of aryl methyl sites for hydroxylation is 1. The van der Waals surface area contributed by atoms with Gasteiger partial charge in [0, 0.05) is 56.7 Å². The third-order valence-corrected chi connectivity index (χ3v) is 3.58. The van der Waals surface area contributed by atoms with Gasteiger partial charge in [-0.2, -0.15) is 5.10 Å². The smallest absolute Gasteiger partial charge is 0.269 e. The molecule has 0 spiro atoms. The van der Waals surface area contributed by atoms with Gasteiger partial charge in [-0.1, -0.05) is 0 Å².